The Morgan fingerprint density at radius 1 is 1.59 bits per heavy atom. The Morgan fingerprint density at radius 3 is 3.06 bits per heavy atom. The van der Waals surface area contributed by atoms with Crippen molar-refractivity contribution in [3.8, 4) is 0 Å². The van der Waals surface area contributed by atoms with Crippen LogP contribution in [-0.4, -0.2) is 34.5 Å². The Bertz CT molecular complexity index is 337. The molecule has 0 spiro atoms. The van der Waals surface area contributed by atoms with Crippen molar-refractivity contribution in [2.75, 3.05) is 5.75 Å². The van der Waals surface area contributed by atoms with E-state index < -0.39 is 0 Å². The van der Waals surface area contributed by atoms with E-state index in [1.54, 1.807) is 0 Å². The lowest BCUT2D eigenvalue weighted by Crippen LogP contribution is -2.50. The largest absolute Gasteiger partial charge is 0.370 e. The number of urea groups is 1. The summed E-state index contributed by atoms with van der Waals surface area (Å²) in [4.78, 5) is 22.0. The van der Waals surface area contributed by atoms with Crippen LogP contribution in [0.3, 0.4) is 0 Å². The zero-order valence-electron chi connectivity index (χ0n) is 9.99. The Morgan fingerprint density at radius 2 is 2.35 bits per heavy atom. The number of carbonyl (C=O) groups excluding carboxylic acids is 2. The molecule has 0 aliphatic carbocycles. The van der Waals surface area contributed by atoms with E-state index in [1.807, 2.05) is 11.8 Å². The first-order valence-corrected chi connectivity index (χ1v) is 7.06. The molecule has 5 nitrogen and oxygen atoms in total. The van der Waals surface area contributed by atoms with Gasteiger partial charge in [0.05, 0.1) is 11.6 Å². The van der Waals surface area contributed by atoms with Gasteiger partial charge in [-0.1, -0.05) is 6.42 Å². The van der Waals surface area contributed by atoms with Crippen LogP contribution in [0.25, 0.3) is 0 Å². The van der Waals surface area contributed by atoms with Gasteiger partial charge in [0.15, 0.2) is 0 Å². The summed E-state index contributed by atoms with van der Waals surface area (Å²) in [6.07, 6.45) is 3.31. The van der Waals surface area contributed by atoms with E-state index >= 15 is 0 Å². The van der Waals surface area contributed by atoms with Crippen LogP contribution in [0, 0.1) is 0 Å². The van der Waals surface area contributed by atoms with Gasteiger partial charge >= 0.3 is 6.03 Å². The van der Waals surface area contributed by atoms with Gasteiger partial charge in [0.1, 0.15) is 0 Å². The smallest absolute Gasteiger partial charge is 0.315 e. The number of rotatable bonds is 5. The van der Waals surface area contributed by atoms with Gasteiger partial charge in [-0.25, -0.2) is 4.79 Å². The monoisotopic (exact) mass is 257 g/mol. The molecule has 0 aromatic carbocycles. The molecule has 17 heavy (non-hydrogen) atoms. The molecule has 2 fully saturated rings. The number of fused-ring (bicyclic) bond motifs is 1. The van der Waals surface area contributed by atoms with Gasteiger partial charge < -0.3 is 16.4 Å². The summed E-state index contributed by atoms with van der Waals surface area (Å²) in [7, 11) is 0. The van der Waals surface area contributed by atoms with E-state index in [9.17, 15) is 9.59 Å². The van der Waals surface area contributed by atoms with E-state index in [4.69, 9.17) is 5.73 Å². The first-order valence-electron chi connectivity index (χ1n) is 6.01. The van der Waals surface area contributed by atoms with Crippen LogP contribution in [0.1, 0.15) is 32.6 Å². The highest BCUT2D eigenvalue weighted by Crippen LogP contribution is 2.40. The van der Waals surface area contributed by atoms with Gasteiger partial charge in [-0.15, -0.1) is 0 Å². The highest BCUT2D eigenvalue weighted by Gasteiger charge is 2.52. The number of amides is 3. The van der Waals surface area contributed by atoms with E-state index in [1.165, 1.54) is 0 Å². The fraction of sp³-hybridized carbons (Fsp3) is 0.818. The molecule has 4 N–H and O–H groups in total. The Hall–Kier alpha value is -0.910. The lowest BCUT2D eigenvalue weighted by molar-refractivity contribution is -0.118. The fourth-order valence-corrected chi connectivity index (χ4v) is 4.35. The number of nitrogens with two attached hydrogens (primary N) is 1. The quantitative estimate of drug-likeness (QED) is 0.498. The predicted octanol–water partition coefficient (Wildman–Crippen LogP) is 0.588. The Balaban J connectivity index is 1.82. The molecule has 0 bridgehead atoms. The highest BCUT2D eigenvalue weighted by molar-refractivity contribution is 8.00. The first-order chi connectivity index (χ1) is 8.02. The molecule has 2 saturated heterocycles. The minimum absolute atomic E-state index is 0.0556. The van der Waals surface area contributed by atoms with Crippen molar-refractivity contribution in [3.05, 3.63) is 0 Å². The molecule has 96 valence electrons. The molecule has 6 heteroatoms. The number of hydrogen-bond acceptors (Lipinski definition) is 3. The van der Waals surface area contributed by atoms with Crippen molar-refractivity contribution in [2.24, 2.45) is 5.73 Å². The molecule has 0 radical (unpaired) electrons. The molecule has 0 unspecified atom stereocenters. The third-order valence-electron chi connectivity index (χ3n) is 3.68. The highest BCUT2D eigenvalue weighted by atomic mass is 32.2. The second kappa shape index (κ2) is 4.76. The summed E-state index contributed by atoms with van der Waals surface area (Å²) in [6.45, 7) is 2.11. The van der Waals surface area contributed by atoms with Gasteiger partial charge in [-0.2, -0.15) is 11.8 Å². The Labute approximate surface area is 105 Å². The fourth-order valence-electron chi connectivity index (χ4n) is 2.59. The van der Waals surface area contributed by atoms with Crippen LogP contribution in [0.4, 0.5) is 4.79 Å². The number of nitrogens with one attached hydrogen (secondary N) is 2. The maximum Gasteiger partial charge on any atom is 0.315 e. The molecule has 2 heterocycles. The van der Waals surface area contributed by atoms with Gasteiger partial charge in [-0.05, 0) is 19.8 Å². The standard InChI is InChI=1S/C11H19N3O2S/c1-11-7(13-10(16)14-11)6-17-8(11)4-2-3-5-9(12)15/h7-8H,2-6H2,1H3,(H2,12,15)(H2,13,14,16)/t7-,8-,11-/m1/s1. The summed E-state index contributed by atoms with van der Waals surface area (Å²) >= 11 is 1.90. The number of primary amides is 1. The molecule has 0 aromatic rings. The normalized spacial score (nSPS) is 35.2. The summed E-state index contributed by atoms with van der Waals surface area (Å²) < 4.78 is 0. The topological polar surface area (TPSA) is 84.2 Å². The Kier molecular flexibility index (Phi) is 3.51. The van der Waals surface area contributed by atoms with E-state index in [0.717, 1.165) is 25.0 Å². The summed E-state index contributed by atoms with van der Waals surface area (Å²) in [6, 6.07) is 0.182. The number of hydrogen-bond donors (Lipinski definition) is 3. The lowest BCUT2D eigenvalue weighted by Gasteiger charge is -2.29. The molecular formula is C11H19N3O2S. The second-order valence-corrected chi connectivity index (χ2v) is 6.20. The summed E-state index contributed by atoms with van der Waals surface area (Å²) in [5.41, 5.74) is 4.97. The van der Waals surface area contributed by atoms with Crippen LogP contribution in [-0.2, 0) is 4.79 Å². The molecule has 3 atom stereocenters. The number of thioether (sulfide) groups is 1. The minimum atomic E-state index is -0.232. The van der Waals surface area contributed by atoms with Crippen molar-refractivity contribution in [2.45, 2.75) is 49.4 Å². The average molecular weight is 257 g/mol. The molecule has 2 rings (SSSR count). The predicted molar refractivity (Wildman–Crippen MR) is 67.8 cm³/mol. The average Bonchev–Trinajstić information content (AvgIpc) is 2.66. The molecule has 0 aromatic heterocycles. The summed E-state index contributed by atoms with van der Waals surface area (Å²) in [5.74, 6) is 0.736. The molecule has 2 aliphatic rings. The van der Waals surface area contributed by atoms with Crippen LogP contribution in [0.15, 0.2) is 0 Å². The number of unbranched alkanes of at least 4 members (excludes halogenated alkanes) is 1. The van der Waals surface area contributed by atoms with Gasteiger partial charge in [0, 0.05) is 17.4 Å². The molecular weight excluding hydrogens is 238 g/mol. The SMILES string of the molecule is C[C@@]12NC(=O)N[C@@H]1CS[C@@H]2CCCCC(N)=O. The van der Waals surface area contributed by atoms with E-state index in [0.29, 0.717) is 11.7 Å². The van der Waals surface area contributed by atoms with E-state index in [-0.39, 0.29) is 23.5 Å². The van der Waals surface area contributed by atoms with E-state index in [2.05, 4.69) is 17.6 Å². The second-order valence-electron chi connectivity index (χ2n) is 4.97. The zero-order valence-corrected chi connectivity index (χ0v) is 10.8. The van der Waals surface area contributed by atoms with Gasteiger partial charge in [-0.3, -0.25) is 4.79 Å². The first kappa shape index (κ1) is 12.5. The maximum absolute atomic E-state index is 11.3. The lowest BCUT2D eigenvalue weighted by atomic mass is 9.89. The summed E-state index contributed by atoms with van der Waals surface area (Å²) in [5, 5.41) is 6.41. The van der Waals surface area contributed by atoms with Crippen molar-refractivity contribution in [3.63, 3.8) is 0 Å². The minimum Gasteiger partial charge on any atom is -0.370 e. The zero-order chi connectivity index (χ0) is 12.5. The number of carbonyl (C=O) groups is 2. The van der Waals surface area contributed by atoms with Crippen molar-refractivity contribution >= 4 is 23.7 Å². The van der Waals surface area contributed by atoms with Crippen molar-refractivity contribution in [1.82, 2.24) is 10.6 Å². The van der Waals surface area contributed by atoms with Gasteiger partial charge in [0.25, 0.3) is 0 Å². The molecule has 0 saturated carbocycles. The third kappa shape index (κ3) is 2.51. The van der Waals surface area contributed by atoms with Crippen LogP contribution in [0.2, 0.25) is 0 Å². The van der Waals surface area contributed by atoms with Crippen molar-refractivity contribution < 1.29 is 9.59 Å². The molecule has 3 amide bonds. The maximum atomic E-state index is 11.3. The molecule has 2 aliphatic heterocycles. The van der Waals surface area contributed by atoms with Crippen LogP contribution < -0.4 is 16.4 Å². The van der Waals surface area contributed by atoms with Crippen molar-refractivity contribution in [1.29, 1.82) is 0 Å². The third-order valence-corrected chi connectivity index (χ3v) is 5.34. The van der Waals surface area contributed by atoms with Gasteiger partial charge in [0.2, 0.25) is 5.91 Å². The van der Waals surface area contributed by atoms with Crippen LogP contribution >= 0.6 is 11.8 Å². The van der Waals surface area contributed by atoms with Crippen LogP contribution in [0.5, 0.6) is 0 Å².